The fraction of sp³-hybridized carbons (Fsp3) is 0. The lowest BCUT2D eigenvalue weighted by atomic mass is 10.2. The Hall–Kier alpha value is -1.09. The molecule has 0 saturated heterocycles. The summed E-state index contributed by atoms with van der Waals surface area (Å²) in [5.74, 6) is 0. The molecule has 2 aromatic rings. The first-order valence-corrected chi connectivity index (χ1v) is 3.35. The Labute approximate surface area is 79.6 Å². The summed E-state index contributed by atoms with van der Waals surface area (Å²) in [5, 5.41) is 0.951. The van der Waals surface area contributed by atoms with Crippen molar-refractivity contribution in [2.75, 3.05) is 0 Å². The van der Waals surface area contributed by atoms with E-state index in [1.807, 2.05) is 18.2 Å². The SMILES string of the molecule is Br.O=c1ccc2ccccc2o1. The van der Waals surface area contributed by atoms with Gasteiger partial charge in [-0.1, -0.05) is 18.2 Å². The van der Waals surface area contributed by atoms with Crippen LogP contribution in [0.2, 0.25) is 0 Å². The summed E-state index contributed by atoms with van der Waals surface area (Å²) in [4.78, 5) is 10.7. The van der Waals surface area contributed by atoms with Crippen LogP contribution in [0.3, 0.4) is 0 Å². The molecule has 1 heterocycles. The standard InChI is InChI=1S/C9H6O2.BrH/c10-9-6-5-7-3-1-2-4-8(7)11-9;/h1-6H;1H. The Kier molecular flexibility index (Phi) is 2.65. The molecule has 0 spiro atoms. The highest BCUT2D eigenvalue weighted by atomic mass is 79.9. The number of hydrogen-bond acceptors (Lipinski definition) is 2. The first kappa shape index (κ1) is 9.00. The number of rotatable bonds is 0. The lowest BCUT2D eigenvalue weighted by molar-refractivity contribution is 0.561. The number of fused-ring (bicyclic) bond motifs is 1. The molecule has 0 amide bonds. The van der Waals surface area contributed by atoms with Gasteiger partial charge < -0.3 is 4.42 Å². The molecule has 0 atom stereocenters. The van der Waals surface area contributed by atoms with Crippen molar-refractivity contribution < 1.29 is 4.42 Å². The predicted octanol–water partition coefficient (Wildman–Crippen LogP) is 2.37. The van der Waals surface area contributed by atoms with E-state index in [1.165, 1.54) is 6.07 Å². The third-order valence-corrected chi connectivity index (χ3v) is 1.53. The van der Waals surface area contributed by atoms with Gasteiger partial charge in [0.1, 0.15) is 5.58 Å². The molecule has 1 aromatic heterocycles. The molecule has 2 rings (SSSR count). The number of hydrogen-bond donors (Lipinski definition) is 0. The Morgan fingerprint density at radius 2 is 1.75 bits per heavy atom. The van der Waals surface area contributed by atoms with Crippen LogP contribution in [-0.4, -0.2) is 0 Å². The van der Waals surface area contributed by atoms with E-state index in [9.17, 15) is 4.79 Å². The first-order chi connectivity index (χ1) is 5.36. The van der Waals surface area contributed by atoms with E-state index in [4.69, 9.17) is 4.42 Å². The Bertz CT molecular complexity index is 433. The van der Waals surface area contributed by atoms with Crippen LogP contribution in [0.25, 0.3) is 11.0 Å². The second kappa shape index (κ2) is 3.54. The highest BCUT2D eigenvalue weighted by molar-refractivity contribution is 8.93. The van der Waals surface area contributed by atoms with E-state index < -0.39 is 0 Å². The van der Waals surface area contributed by atoms with E-state index in [2.05, 4.69) is 0 Å². The smallest absolute Gasteiger partial charge is 0.336 e. The average molecular weight is 227 g/mol. The molecule has 0 aliphatic rings. The average Bonchev–Trinajstić information content (AvgIpc) is 2.04. The van der Waals surface area contributed by atoms with Gasteiger partial charge in [-0.2, -0.15) is 0 Å². The van der Waals surface area contributed by atoms with Gasteiger partial charge in [0.25, 0.3) is 0 Å². The van der Waals surface area contributed by atoms with E-state index in [1.54, 1.807) is 12.1 Å². The number of benzene rings is 1. The molecule has 0 unspecified atom stereocenters. The van der Waals surface area contributed by atoms with Crippen molar-refractivity contribution >= 4 is 28.0 Å². The van der Waals surface area contributed by atoms with Gasteiger partial charge in [0, 0.05) is 11.5 Å². The monoisotopic (exact) mass is 226 g/mol. The molecule has 2 nitrogen and oxygen atoms in total. The summed E-state index contributed by atoms with van der Waals surface area (Å²) in [5.41, 5.74) is 0.337. The minimum Gasteiger partial charge on any atom is -0.423 e. The van der Waals surface area contributed by atoms with Gasteiger partial charge in [0.05, 0.1) is 0 Å². The van der Waals surface area contributed by atoms with Crippen molar-refractivity contribution in [2.45, 2.75) is 0 Å². The van der Waals surface area contributed by atoms with Gasteiger partial charge in [0.15, 0.2) is 0 Å². The zero-order valence-electron chi connectivity index (χ0n) is 6.19. The molecule has 0 aliphatic carbocycles. The zero-order valence-corrected chi connectivity index (χ0v) is 7.90. The van der Waals surface area contributed by atoms with Crippen molar-refractivity contribution in [2.24, 2.45) is 0 Å². The summed E-state index contributed by atoms with van der Waals surface area (Å²) in [6.07, 6.45) is 0. The quantitative estimate of drug-likeness (QED) is 0.646. The van der Waals surface area contributed by atoms with Gasteiger partial charge in [-0.15, -0.1) is 17.0 Å². The second-order valence-electron chi connectivity index (χ2n) is 2.29. The van der Waals surface area contributed by atoms with Crippen molar-refractivity contribution in [1.29, 1.82) is 0 Å². The minimum absolute atomic E-state index is 0. The Balaban J connectivity index is 0.000000720. The van der Waals surface area contributed by atoms with Crippen LogP contribution in [0.4, 0.5) is 0 Å². The number of halogens is 1. The van der Waals surface area contributed by atoms with Crippen molar-refractivity contribution in [1.82, 2.24) is 0 Å². The fourth-order valence-corrected chi connectivity index (χ4v) is 1.01. The van der Waals surface area contributed by atoms with Gasteiger partial charge in [-0.25, -0.2) is 4.79 Å². The van der Waals surface area contributed by atoms with Crippen LogP contribution in [0, 0.1) is 0 Å². The summed E-state index contributed by atoms with van der Waals surface area (Å²) < 4.78 is 4.91. The van der Waals surface area contributed by atoms with Gasteiger partial charge in [-0.3, -0.25) is 0 Å². The van der Waals surface area contributed by atoms with Crippen LogP contribution in [-0.2, 0) is 0 Å². The van der Waals surface area contributed by atoms with Crippen LogP contribution < -0.4 is 5.63 Å². The largest absolute Gasteiger partial charge is 0.423 e. The van der Waals surface area contributed by atoms with E-state index in [-0.39, 0.29) is 22.6 Å². The van der Waals surface area contributed by atoms with Crippen molar-refractivity contribution in [3.8, 4) is 0 Å². The summed E-state index contributed by atoms with van der Waals surface area (Å²) >= 11 is 0. The molecule has 0 radical (unpaired) electrons. The molecule has 0 saturated carbocycles. The minimum atomic E-state index is -0.302. The second-order valence-corrected chi connectivity index (χ2v) is 2.29. The maximum absolute atomic E-state index is 10.7. The maximum atomic E-state index is 10.7. The highest BCUT2D eigenvalue weighted by Crippen LogP contribution is 2.08. The van der Waals surface area contributed by atoms with Gasteiger partial charge in [-0.05, 0) is 12.1 Å². The normalized spacial score (nSPS) is 9.33. The van der Waals surface area contributed by atoms with E-state index in [0.717, 1.165) is 5.39 Å². The van der Waals surface area contributed by atoms with Crippen LogP contribution in [0.1, 0.15) is 0 Å². The van der Waals surface area contributed by atoms with Crippen LogP contribution in [0.5, 0.6) is 0 Å². The molecule has 0 bridgehead atoms. The third kappa shape index (κ3) is 1.56. The first-order valence-electron chi connectivity index (χ1n) is 3.35. The molecule has 0 aliphatic heterocycles. The van der Waals surface area contributed by atoms with Gasteiger partial charge in [0.2, 0.25) is 0 Å². The third-order valence-electron chi connectivity index (χ3n) is 1.53. The lowest BCUT2D eigenvalue weighted by Gasteiger charge is -1.91. The van der Waals surface area contributed by atoms with Crippen molar-refractivity contribution in [3.63, 3.8) is 0 Å². The molecule has 1 aromatic carbocycles. The van der Waals surface area contributed by atoms with E-state index in [0.29, 0.717) is 5.58 Å². The molecule has 12 heavy (non-hydrogen) atoms. The molecule has 0 fully saturated rings. The number of para-hydroxylation sites is 1. The van der Waals surface area contributed by atoms with Crippen molar-refractivity contribution in [3.05, 3.63) is 46.8 Å². The topological polar surface area (TPSA) is 30.2 Å². The molecule has 3 heteroatoms. The molecular formula is C9H7BrO2. The Morgan fingerprint density at radius 3 is 2.58 bits per heavy atom. The summed E-state index contributed by atoms with van der Waals surface area (Å²) in [7, 11) is 0. The molecular weight excluding hydrogens is 220 g/mol. The summed E-state index contributed by atoms with van der Waals surface area (Å²) in [6, 6.07) is 10.6. The Morgan fingerprint density at radius 1 is 1.00 bits per heavy atom. The van der Waals surface area contributed by atoms with Crippen LogP contribution in [0.15, 0.2) is 45.6 Å². The lowest BCUT2D eigenvalue weighted by Crippen LogP contribution is -1.93. The van der Waals surface area contributed by atoms with E-state index >= 15 is 0 Å². The highest BCUT2D eigenvalue weighted by Gasteiger charge is 1.92. The summed E-state index contributed by atoms with van der Waals surface area (Å²) in [6.45, 7) is 0. The van der Waals surface area contributed by atoms with Crippen LogP contribution >= 0.6 is 17.0 Å². The maximum Gasteiger partial charge on any atom is 0.336 e. The predicted molar refractivity (Wildman–Crippen MR) is 52.8 cm³/mol. The fourth-order valence-electron chi connectivity index (χ4n) is 1.01. The zero-order chi connectivity index (χ0) is 7.68. The molecule has 0 N–H and O–H groups in total. The van der Waals surface area contributed by atoms with Gasteiger partial charge >= 0.3 is 5.63 Å². The molecule has 62 valence electrons.